The minimum absolute atomic E-state index is 0.106. The Bertz CT molecular complexity index is 1060. The molecule has 2 aromatic rings. The zero-order valence-electron chi connectivity index (χ0n) is 19.4. The number of ketones is 1. The van der Waals surface area contributed by atoms with Gasteiger partial charge in [-0.1, -0.05) is 57.5 Å². The number of amides is 4. The van der Waals surface area contributed by atoms with Crippen LogP contribution in [0.2, 0.25) is 0 Å². The van der Waals surface area contributed by atoms with Crippen molar-refractivity contribution in [3.05, 3.63) is 47.2 Å². The molecule has 1 aliphatic rings. The van der Waals surface area contributed by atoms with Gasteiger partial charge in [0.05, 0.1) is 12.5 Å². The Morgan fingerprint density at radius 3 is 2.52 bits per heavy atom. The van der Waals surface area contributed by atoms with Gasteiger partial charge in [-0.05, 0) is 24.3 Å². The van der Waals surface area contributed by atoms with Crippen LogP contribution < -0.4 is 10.6 Å². The first kappa shape index (κ1) is 24.1. The SMILES string of the molecule is Cc1cccc(Cc2nnc(C(=O)[C@@H](NC(=O)CN3C(=O)N[C@H](C(C)C)C3=O)C(C)C)o2)c1. The van der Waals surface area contributed by atoms with Crippen molar-refractivity contribution < 1.29 is 23.6 Å². The lowest BCUT2D eigenvalue weighted by atomic mass is 9.99. The summed E-state index contributed by atoms with van der Waals surface area (Å²) in [4.78, 5) is 50.9. The third-order valence-corrected chi connectivity index (χ3v) is 5.41. The topological polar surface area (TPSA) is 134 Å². The van der Waals surface area contributed by atoms with Gasteiger partial charge in [0.15, 0.2) is 0 Å². The molecule has 0 aliphatic carbocycles. The van der Waals surface area contributed by atoms with E-state index < -0.39 is 42.3 Å². The Balaban J connectivity index is 1.66. The second-order valence-electron chi connectivity index (χ2n) is 8.92. The van der Waals surface area contributed by atoms with E-state index in [1.807, 2.05) is 31.2 Å². The number of nitrogens with zero attached hydrogens (tertiary/aromatic N) is 3. The monoisotopic (exact) mass is 455 g/mol. The highest BCUT2D eigenvalue weighted by Gasteiger charge is 2.41. The Morgan fingerprint density at radius 1 is 1.18 bits per heavy atom. The number of carbonyl (C=O) groups excluding carboxylic acids is 4. The van der Waals surface area contributed by atoms with Gasteiger partial charge in [0.1, 0.15) is 12.6 Å². The van der Waals surface area contributed by atoms with Gasteiger partial charge in [-0.25, -0.2) is 4.79 Å². The molecule has 176 valence electrons. The van der Waals surface area contributed by atoms with Crippen LogP contribution in [-0.4, -0.2) is 57.4 Å². The maximum Gasteiger partial charge on any atom is 0.325 e. The summed E-state index contributed by atoms with van der Waals surface area (Å²) in [5.41, 5.74) is 2.07. The molecular weight excluding hydrogens is 426 g/mol. The van der Waals surface area contributed by atoms with Crippen molar-refractivity contribution in [2.45, 2.75) is 53.1 Å². The highest BCUT2D eigenvalue weighted by molar-refractivity contribution is 6.07. The molecule has 0 radical (unpaired) electrons. The number of imide groups is 1. The van der Waals surface area contributed by atoms with E-state index in [0.29, 0.717) is 6.42 Å². The number of Topliss-reactive ketones (excluding diaryl/α,β-unsaturated/α-hetero) is 1. The van der Waals surface area contributed by atoms with Crippen molar-refractivity contribution in [3.63, 3.8) is 0 Å². The van der Waals surface area contributed by atoms with Gasteiger partial charge in [-0.15, -0.1) is 10.2 Å². The number of aryl methyl sites for hydroxylation is 1. The van der Waals surface area contributed by atoms with E-state index in [1.165, 1.54) is 0 Å². The van der Waals surface area contributed by atoms with E-state index in [9.17, 15) is 19.2 Å². The Labute approximate surface area is 192 Å². The van der Waals surface area contributed by atoms with Crippen LogP contribution in [-0.2, 0) is 16.0 Å². The highest BCUT2D eigenvalue weighted by Crippen LogP contribution is 2.16. The fourth-order valence-corrected chi connectivity index (χ4v) is 3.59. The number of benzene rings is 1. The number of hydrogen-bond acceptors (Lipinski definition) is 7. The van der Waals surface area contributed by atoms with Crippen LogP contribution in [0.1, 0.15) is 55.4 Å². The van der Waals surface area contributed by atoms with Gasteiger partial charge in [0.25, 0.3) is 11.8 Å². The number of aromatic nitrogens is 2. The summed E-state index contributed by atoms with van der Waals surface area (Å²) >= 11 is 0. The minimum Gasteiger partial charge on any atom is -0.418 e. The van der Waals surface area contributed by atoms with E-state index in [2.05, 4.69) is 20.8 Å². The third kappa shape index (κ3) is 5.63. The lowest BCUT2D eigenvalue weighted by Gasteiger charge is -2.21. The lowest BCUT2D eigenvalue weighted by molar-refractivity contribution is -0.133. The first-order valence-electron chi connectivity index (χ1n) is 10.9. The summed E-state index contributed by atoms with van der Waals surface area (Å²) in [6, 6.07) is 5.57. The van der Waals surface area contributed by atoms with Gasteiger partial charge in [0.2, 0.25) is 17.6 Å². The van der Waals surface area contributed by atoms with Crippen molar-refractivity contribution in [2.24, 2.45) is 11.8 Å². The molecule has 0 unspecified atom stereocenters. The molecule has 1 fully saturated rings. The van der Waals surface area contributed by atoms with E-state index in [4.69, 9.17) is 4.42 Å². The predicted molar refractivity (Wildman–Crippen MR) is 118 cm³/mol. The number of urea groups is 1. The Hall–Kier alpha value is -3.56. The molecule has 3 rings (SSSR count). The van der Waals surface area contributed by atoms with Crippen molar-refractivity contribution in [3.8, 4) is 0 Å². The third-order valence-electron chi connectivity index (χ3n) is 5.41. The average Bonchev–Trinajstić information content (AvgIpc) is 3.31. The molecule has 1 aromatic heterocycles. The molecule has 4 amide bonds. The molecule has 2 atom stereocenters. The van der Waals surface area contributed by atoms with Crippen LogP contribution >= 0.6 is 0 Å². The average molecular weight is 456 g/mol. The first-order valence-corrected chi connectivity index (χ1v) is 10.9. The van der Waals surface area contributed by atoms with Gasteiger partial charge in [-0.3, -0.25) is 19.3 Å². The second kappa shape index (κ2) is 9.93. The van der Waals surface area contributed by atoms with E-state index in [0.717, 1.165) is 16.0 Å². The molecule has 1 aromatic carbocycles. The van der Waals surface area contributed by atoms with E-state index in [1.54, 1.807) is 27.7 Å². The van der Waals surface area contributed by atoms with E-state index in [-0.39, 0.29) is 23.6 Å². The van der Waals surface area contributed by atoms with Gasteiger partial charge in [-0.2, -0.15) is 0 Å². The van der Waals surface area contributed by atoms with E-state index >= 15 is 0 Å². The largest absolute Gasteiger partial charge is 0.418 e. The zero-order chi connectivity index (χ0) is 24.3. The fraction of sp³-hybridized carbons (Fsp3) is 0.478. The first-order chi connectivity index (χ1) is 15.6. The molecule has 10 nitrogen and oxygen atoms in total. The molecular formula is C23H29N5O5. The zero-order valence-corrected chi connectivity index (χ0v) is 19.4. The molecule has 0 saturated carbocycles. The standard InChI is InChI=1S/C23H29N5O5/c1-12(2)18(24-16(29)11-28-22(31)19(13(3)4)25-23(28)32)20(30)21-27-26-17(33-21)10-15-8-6-7-14(5)9-15/h6-9,12-13,18-19H,10-11H2,1-5H3,(H,24,29)(H,25,32)/t18-,19+/m0/s1. The fourth-order valence-electron chi connectivity index (χ4n) is 3.59. The molecule has 10 heteroatoms. The van der Waals surface area contributed by atoms with Crippen LogP contribution in [0, 0.1) is 18.8 Å². The van der Waals surface area contributed by atoms with Crippen molar-refractivity contribution in [1.82, 2.24) is 25.7 Å². The molecule has 2 heterocycles. The van der Waals surface area contributed by atoms with Gasteiger partial charge < -0.3 is 15.1 Å². The van der Waals surface area contributed by atoms with Crippen molar-refractivity contribution >= 4 is 23.6 Å². The maximum absolute atomic E-state index is 13.0. The molecule has 0 bridgehead atoms. The smallest absolute Gasteiger partial charge is 0.325 e. The normalized spacial score (nSPS) is 16.9. The molecule has 0 spiro atoms. The van der Waals surface area contributed by atoms with Crippen LogP contribution in [0.3, 0.4) is 0 Å². The molecule has 1 saturated heterocycles. The van der Waals surface area contributed by atoms with Crippen LogP contribution in [0.25, 0.3) is 0 Å². The molecule has 1 aliphatic heterocycles. The summed E-state index contributed by atoms with van der Waals surface area (Å²) in [5.74, 6) is -1.93. The van der Waals surface area contributed by atoms with Crippen LogP contribution in [0.15, 0.2) is 28.7 Å². The number of rotatable bonds is 9. The predicted octanol–water partition coefficient (Wildman–Crippen LogP) is 1.87. The van der Waals surface area contributed by atoms with Gasteiger partial charge in [0, 0.05) is 0 Å². The van der Waals surface area contributed by atoms with Gasteiger partial charge >= 0.3 is 6.03 Å². The Morgan fingerprint density at radius 2 is 1.91 bits per heavy atom. The van der Waals surface area contributed by atoms with Crippen LogP contribution in [0.4, 0.5) is 4.79 Å². The second-order valence-corrected chi connectivity index (χ2v) is 8.92. The van der Waals surface area contributed by atoms with Crippen molar-refractivity contribution in [2.75, 3.05) is 6.54 Å². The maximum atomic E-state index is 13.0. The lowest BCUT2D eigenvalue weighted by Crippen LogP contribution is -2.49. The number of carbonyl (C=O) groups is 4. The summed E-state index contributed by atoms with van der Waals surface area (Å²) in [6.07, 6.45) is 0.379. The summed E-state index contributed by atoms with van der Waals surface area (Å²) < 4.78 is 5.56. The highest BCUT2D eigenvalue weighted by atomic mass is 16.4. The minimum atomic E-state index is -0.952. The summed E-state index contributed by atoms with van der Waals surface area (Å²) in [5, 5.41) is 13.0. The molecule has 33 heavy (non-hydrogen) atoms. The van der Waals surface area contributed by atoms with Crippen molar-refractivity contribution in [1.29, 1.82) is 0 Å². The van der Waals surface area contributed by atoms with Crippen LogP contribution in [0.5, 0.6) is 0 Å². The number of hydrogen-bond donors (Lipinski definition) is 2. The quantitative estimate of drug-likeness (QED) is 0.435. The Kier molecular flexibility index (Phi) is 7.25. The molecule has 2 N–H and O–H groups in total. The summed E-state index contributed by atoms with van der Waals surface area (Å²) in [7, 11) is 0. The summed E-state index contributed by atoms with van der Waals surface area (Å²) in [6.45, 7) is 8.62. The number of nitrogens with one attached hydrogen (secondary N) is 2.